The van der Waals surface area contributed by atoms with E-state index in [1.165, 1.54) is 4.40 Å². The van der Waals surface area contributed by atoms with Gasteiger partial charge in [-0.25, -0.2) is 9.97 Å². The number of hydrogen-bond acceptors (Lipinski definition) is 7. The van der Waals surface area contributed by atoms with E-state index in [2.05, 4.69) is 26.3 Å². The number of benzene rings is 2. The van der Waals surface area contributed by atoms with E-state index in [-0.39, 0.29) is 29.5 Å². The Labute approximate surface area is 319 Å². The molecule has 0 spiro atoms. The highest BCUT2D eigenvalue weighted by Gasteiger charge is 2.22. The third-order valence-electron chi connectivity index (χ3n) is 9.88. The quantitative estimate of drug-likeness (QED) is 0.126. The van der Waals surface area contributed by atoms with Gasteiger partial charge in [0.25, 0.3) is 5.56 Å². The standard InChI is InChI=1S/C39H35Cl3N8O3/c40-36-27(22-12-14-50-32(15-22)45-18-24(39(50)53)17-43-19-25-7-9-34(51)46-25)3-1-5-29(36)30-6-2-4-28(37(30)41)23-11-13-49-33(16-23)48-31(38(49)42)21-44-20-26-8-10-35(52)47-26/h1-6,11-16,18,25-26,43-44H,7-10,17,19-21H2,(H,46,51)(H,47,52)/t25-,26+/m1/s1. The van der Waals surface area contributed by atoms with Crippen LogP contribution in [0.3, 0.4) is 0 Å². The average molecular weight is 770 g/mol. The summed E-state index contributed by atoms with van der Waals surface area (Å²) in [6.07, 6.45) is 7.89. The zero-order valence-electron chi connectivity index (χ0n) is 28.5. The molecule has 2 saturated heterocycles. The fourth-order valence-electron chi connectivity index (χ4n) is 7.08. The number of pyridine rings is 2. The Morgan fingerprint density at radius 1 is 0.698 bits per heavy atom. The Morgan fingerprint density at radius 3 is 1.83 bits per heavy atom. The van der Waals surface area contributed by atoms with Crippen molar-refractivity contribution in [3.05, 3.63) is 116 Å². The van der Waals surface area contributed by atoms with Gasteiger partial charge >= 0.3 is 0 Å². The highest BCUT2D eigenvalue weighted by atomic mass is 35.5. The van der Waals surface area contributed by atoms with Gasteiger partial charge in [0.1, 0.15) is 16.4 Å². The van der Waals surface area contributed by atoms with Crippen LogP contribution in [0.25, 0.3) is 44.7 Å². The van der Waals surface area contributed by atoms with Gasteiger partial charge in [-0.05, 0) is 48.2 Å². The molecule has 4 aromatic heterocycles. The first kappa shape index (κ1) is 35.3. The van der Waals surface area contributed by atoms with Gasteiger partial charge in [-0.15, -0.1) is 0 Å². The summed E-state index contributed by atoms with van der Waals surface area (Å²) in [6, 6.07) is 19.4. The molecule has 2 aliphatic heterocycles. The molecule has 6 aromatic rings. The summed E-state index contributed by atoms with van der Waals surface area (Å²) < 4.78 is 3.36. The van der Waals surface area contributed by atoms with Crippen molar-refractivity contribution in [3.8, 4) is 33.4 Å². The van der Waals surface area contributed by atoms with Gasteiger partial charge in [0.15, 0.2) is 0 Å². The lowest BCUT2D eigenvalue weighted by molar-refractivity contribution is -0.120. The predicted octanol–water partition coefficient (Wildman–Crippen LogP) is 6.04. The van der Waals surface area contributed by atoms with Crippen molar-refractivity contribution in [1.29, 1.82) is 0 Å². The lowest BCUT2D eigenvalue weighted by Crippen LogP contribution is -2.36. The second kappa shape index (κ2) is 14.9. The molecular formula is C39H35Cl3N8O3. The summed E-state index contributed by atoms with van der Waals surface area (Å²) in [6.45, 7) is 2.06. The Morgan fingerprint density at radius 2 is 1.25 bits per heavy atom. The largest absolute Gasteiger partial charge is 0.352 e. The van der Waals surface area contributed by atoms with Gasteiger partial charge in [0, 0.05) is 97.5 Å². The third kappa shape index (κ3) is 7.15. The van der Waals surface area contributed by atoms with Crippen LogP contribution in [0.2, 0.25) is 15.2 Å². The van der Waals surface area contributed by atoms with Crippen molar-refractivity contribution >= 4 is 57.9 Å². The van der Waals surface area contributed by atoms with Crippen LogP contribution in [0.1, 0.15) is 36.9 Å². The number of amides is 2. The highest BCUT2D eigenvalue weighted by Crippen LogP contribution is 2.42. The van der Waals surface area contributed by atoms with E-state index in [9.17, 15) is 14.4 Å². The lowest BCUT2D eigenvalue weighted by Gasteiger charge is -2.15. The van der Waals surface area contributed by atoms with Crippen LogP contribution < -0.4 is 26.8 Å². The monoisotopic (exact) mass is 768 g/mol. The molecule has 14 heteroatoms. The molecule has 53 heavy (non-hydrogen) atoms. The maximum absolute atomic E-state index is 13.3. The van der Waals surface area contributed by atoms with Crippen molar-refractivity contribution < 1.29 is 9.59 Å². The molecule has 0 aliphatic carbocycles. The minimum atomic E-state index is -0.160. The Balaban J connectivity index is 1.02. The van der Waals surface area contributed by atoms with Crippen LogP contribution in [0.4, 0.5) is 0 Å². The molecule has 0 radical (unpaired) electrons. The molecule has 0 unspecified atom stereocenters. The maximum atomic E-state index is 13.3. The number of nitrogens with one attached hydrogen (secondary N) is 4. The molecule has 8 rings (SSSR count). The molecular weight excluding hydrogens is 735 g/mol. The SMILES string of the molecule is O=C1CC[C@H](CNCc2cnc3cc(-c4cccc(-c5cccc(-c6ccn7c(Cl)c(CNC[C@@H]8CCC(=O)N8)nc7c6)c5Cl)c4Cl)ccn3c2=O)N1. The van der Waals surface area contributed by atoms with Gasteiger partial charge in [0.2, 0.25) is 11.8 Å². The smallest absolute Gasteiger partial charge is 0.262 e. The van der Waals surface area contributed by atoms with Crippen LogP contribution in [0.15, 0.2) is 84.0 Å². The Kier molecular flexibility index (Phi) is 9.93. The third-order valence-corrected chi connectivity index (χ3v) is 11.1. The lowest BCUT2D eigenvalue weighted by atomic mass is 9.96. The van der Waals surface area contributed by atoms with E-state index < -0.39 is 0 Å². The summed E-state index contributed by atoms with van der Waals surface area (Å²) in [4.78, 5) is 45.6. The van der Waals surface area contributed by atoms with Crippen molar-refractivity contribution in [2.45, 2.75) is 50.9 Å². The number of rotatable bonds is 11. The summed E-state index contributed by atoms with van der Waals surface area (Å²) in [7, 11) is 0. The second-order valence-corrected chi connectivity index (χ2v) is 14.5. The number of carbonyl (C=O) groups excluding carboxylic acids is 2. The van der Waals surface area contributed by atoms with E-state index in [1.54, 1.807) is 12.4 Å². The van der Waals surface area contributed by atoms with Crippen LogP contribution in [0, 0.1) is 0 Å². The number of imidazole rings is 1. The minimum Gasteiger partial charge on any atom is -0.352 e. The normalized spacial score (nSPS) is 17.2. The van der Waals surface area contributed by atoms with Gasteiger partial charge < -0.3 is 21.3 Å². The Bertz CT molecular complexity index is 2460. The molecule has 2 atom stereocenters. The number of hydrogen-bond donors (Lipinski definition) is 4. The van der Waals surface area contributed by atoms with Crippen molar-refractivity contribution in [1.82, 2.24) is 40.0 Å². The second-order valence-electron chi connectivity index (χ2n) is 13.4. The molecule has 2 aliphatic rings. The van der Waals surface area contributed by atoms with E-state index >= 15 is 0 Å². The van der Waals surface area contributed by atoms with Crippen LogP contribution >= 0.6 is 34.8 Å². The molecule has 2 amide bonds. The molecule has 0 saturated carbocycles. The Hall–Kier alpha value is -4.78. The average Bonchev–Trinajstić information content (AvgIpc) is 3.86. The summed E-state index contributed by atoms with van der Waals surface area (Å²) in [5.41, 5.74) is 7.08. The molecule has 4 N–H and O–H groups in total. The zero-order valence-corrected chi connectivity index (χ0v) is 30.7. The van der Waals surface area contributed by atoms with Gasteiger partial charge in [-0.1, -0.05) is 71.2 Å². The van der Waals surface area contributed by atoms with Crippen molar-refractivity contribution in [3.63, 3.8) is 0 Å². The number of aromatic nitrogens is 4. The van der Waals surface area contributed by atoms with Crippen LogP contribution in [-0.4, -0.2) is 55.8 Å². The van der Waals surface area contributed by atoms with E-state index in [4.69, 9.17) is 39.8 Å². The fraction of sp³-hybridized carbons (Fsp3) is 0.256. The zero-order chi connectivity index (χ0) is 36.6. The summed E-state index contributed by atoms with van der Waals surface area (Å²) in [5, 5.41) is 14.1. The molecule has 2 aromatic carbocycles. The molecule has 0 bridgehead atoms. The number of nitrogens with zero attached hydrogens (tertiary/aromatic N) is 4. The molecule has 6 heterocycles. The van der Waals surface area contributed by atoms with E-state index in [0.29, 0.717) is 71.1 Å². The topological polar surface area (TPSA) is 134 Å². The van der Waals surface area contributed by atoms with Crippen LogP contribution in [0.5, 0.6) is 0 Å². The first-order valence-corrected chi connectivity index (χ1v) is 18.6. The van der Waals surface area contributed by atoms with E-state index in [0.717, 1.165) is 51.9 Å². The summed E-state index contributed by atoms with van der Waals surface area (Å²) in [5.74, 6) is 0.146. The molecule has 2 fully saturated rings. The number of carbonyl (C=O) groups is 2. The maximum Gasteiger partial charge on any atom is 0.262 e. The van der Waals surface area contributed by atoms with Crippen molar-refractivity contribution in [2.75, 3.05) is 13.1 Å². The molecule has 11 nitrogen and oxygen atoms in total. The summed E-state index contributed by atoms with van der Waals surface area (Å²) >= 11 is 21.0. The fourth-order valence-corrected chi connectivity index (χ4v) is 8.00. The van der Waals surface area contributed by atoms with Crippen LogP contribution in [-0.2, 0) is 22.7 Å². The minimum absolute atomic E-state index is 0.0604. The first-order chi connectivity index (χ1) is 25.7. The predicted molar refractivity (Wildman–Crippen MR) is 207 cm³/mol. The number of halogens is 3. The van der Waals surface area contributed by atoms with Gasteiger partial charge in [-0.2, -0.15) is 0 Å². The van der Waals surface area contributed by atoms with Crippen molar-refractivity contribution in [2.24, 2.45) is 0 Å². The number of fused-ring (bicyclic) bond motifs is 2. The van der Waals surface area contributed by atoms with E-state index in [1.807, 2.05) is 71.3 Å². The molecule has 270 valence electrons. The van der Waals surface area contributed by atoms with Gasteiger partial charge in [0.05, 0.1) is 15.7 Å². The first-order valence-electron chi connectivity index (χ1n) is 17.5. The highest BCUT2D eigenvalue weighted by molar-refractivity contribution is 6.39. The van der Waals surface area contributed by atoms with Gasteiger partial charge in [-0.3, -0.25) is 23.2 Å².